The summed E-state index contributed by atoms with van der Waals surface area (Å²) in [4.78, 5) is 26.8. The van der Waals surface area contributed by atoms with E-state index in [1.165, 1.54) is 11.2 Å². The highest BCUT2D eigenvalue weighted by atomic mass is 35.5. The van der Waals surface area contributed by atoms with Crippen LogP contribution in [0.15, 0.2) is 52.3 Å². The molecule has 0 fully saturated rings. The average molecular weight is 360 g/mol. The number of carbonyl (C=O) groups is 2. The van der Waals surface area contributed by atoms with Crippen molar-refractivity contribution < 1.29 is 19.1 Å². The second kappa shape index (κ2) is 6.41. The molecule has 0 saturated carbocycles. The summed E-state index contributed by atoms with van der Waals surface area (Å²) >= 11 is 6.19. The minimum absolute atomic E-state index is 0.0503. The van der Waals surface area contributed by atoms with Gasteiger partial charge in [0.05, 0.1) is 11.8 Å². The van der Waals surface area contributed by atoms with Gasteiger partial charge in [-0.2, -0.15) is 0 Å². The van der Waals surface area contributed by atoms with Crippen molar-refractivity contribution in [3.8, 4) is 0 Å². The maximum atomic E-state index is 12.8. The Morgan fingerprint density at radius 3 is 2.60 bits per heavy atom. The van der Waals surface area contributed by atoms with Gasteiger partial charge in [0, 0.05) is 16.6 Å². The van der Waals surface area contributed by atoms with Crippen molar-refractivity contribution in [2.24, 2.45) is 5.92 Å². The van der Waals surface area contributed by atoms with Crippen molar-refractivity contribution in [1.82, 2.24) is 0 Å². The number of ketones is 1. The maximum absolute atomic E-state index is 12.8. The molecule has 2 heterocycles. The third kappa shape index (κ3) is 2.74. The normalized spacial score (nSPS) is 17.7. The summed E-state index contributed by atoms with van der Waals surface area (Å²) in [7, 11) is 0. The van der Waals surface area contributed by atoms with Gasteiger partial charge < -0.3 is 9.52 Å². The molecule has 1 unspecified atom stereocenters. The molecule has 0 aliphatic carbocycles. The van der Waals surface area contributed by atoms with Gasteiger partial charge in [-0.1, -0.05) is 31.5 Å². The van der Waals surface area contributed by atoms with Crippen molar-refractivity contribution in [3.63, 3.8) is 0 Å². The van der Waals surface area contributed by atoms with Crippen molar-refractivity contribution >= 4 is 29.0 Å². The minimum atomic E-state index is -0.824. The number of rotatable bonds is 4. The number of aliphatic hydroxyl groups is 1. The maximum Gasteiger partial charge on any atom is 0.294 e. The number of hydrogen-bond acceptors (Lipinski definition) is 4. The highest BCUT2D eigenvalue weighted by Crippen LogP contribution is 2.43. The quantitative estimate of drug-likeness (QED) is 0.880. The van der Waals surface area contributed by atoms with Gasteiger partial charge in [-0.25, -0.2) is 0 Å². The van der Waals surface area contributed by atoms with E-state index in [1.807, 2.05) is 0 Å². The standard InChI is InChI=1S/C19H18ClNO4/c1-10(2)17(22)15-16(14-8-5-9-25-14)21(19(24)18(15)23)13-7-4-6-12(20)11(13)3/h4-10,16,23H,1-3H3. The van der Waals surface area contributed by atoms with Crippen molar-refractivity contribution in [1.29, 1.82) is 0 Å². The molecule has 130 valence electrons. The monoisotopic (exact) mass is 359 g/mol. The predicted molar refractivity (Wildman–Crippen MR) is 94.6 cm³/mol. The lowest BCUT2D eigenvalue weighted by Crippen LogP contribution is -2.31. The van der Waals surface area contributed by atoms with Crippen molar-refractivity contribution in [2.45, 2.75) is 26.8 Å². The molecule has 1 amide bonds. The molecule has 1 aromatic heterocycles. The molecule has 3 rings (SSSR count). The van der Waals surface area contributed by atoms with Gasteiger partial charge in [0.1, 0.15) is 11.8 Å². The number of hydrogen-bond donors (Lipinski definition) is 1. The number of anilines is 1. The minimum Gasteiger partial charge on any atom is -0.503 e. The van der Waals surface area contributed by atoms with E-state index in [-0.39, 0.29) is 17.3 Å². The van der Waals surface area contributed by atoms with Crippen LogP contribution in [0.5, 0.6) is 0 Å². The lowest BCUT2D eigenvalue weighted by atomic mass is 9.94. The van der Waals surface area contributed by atoms with Gasteiger partial charge in [0.25, 0.3) is 5.91 Å². The van der Waals surface area contributed by atoms with E-state index in [4.69, 9.17) is 16.0 Å². The van der Waals surface area contributed by atoms with Gasteiger partial charge in [0.15, 0.2) is 11.5 Å². The largest absolute Gasteiger partial charge is 0.503 e. The highest BCUT2D eigenvalue weighted by Gasteiger charge is 2.46. The number of aliphatic hydroxyl groups excluding tert-OH is 1. The molecule has 1 aromatic carbocycles. The zero-order valence-corrected chi connectivity index (χ0v) is 14.9. The van der Waals surface area contributed by atoms with Gasteiger partial charge in [0.2, 0.25) is 0 Å². The lowest BCUT2D eigenvalue weighted by Gasteiger charge is -2.27. The molecule has 0 spiro atoms. The predicted octanol–water partition coefficient (Wildman–Crippen LogP) is 4.37. The molecule has 1 N–H and O–H groups in total. The van der Waals surface area contributed by atoms with E-state index >= 15 is 0 Å². The Labute approximate surface area is 150 Å². The van der Waals surface area contributed by atoms with Crippen LogP contribution in [0.2, 0.25) is 5.02 Å². The van der Waals surface area contributed by atoms with E-state index in [0.717, 1.165) is 0 Å². The summed E-state index contributed by atoms with van der Waals surface area (Å²) < 4.78 is 5.47. The third-order valence-corrected chi connectivity index (χ3v) is 4.72. The van der Waals surface area contributed by atoms with E-state index < -0.39 is 17.7 Å². The van der Waals surface area contributed by atoms with E-state index in [0.29, 0.717) is 22.0 Å². The molecule has 1 aliphatic rings. The first-order valence-corrected chi connectivity index (χ1v) is 8.31. The van der Waals surface area contributed by atoms with Crippen LogP contribution in [-0.2, 0) is 9.59 Å². The Hall–Kier alpha value is -2.53. The van der Waals surface area contributed by atoms with Crippen LogP contribution in [0.4, 0.5) is 5.69 Å². The summed E-state index contributed by atoms with van der Waals surface area (Å²) in [5.41, 5.74) is 1.26. The number of furan rings is 1. The molecule has 25 heavy (non-hydrogen) atoms. The van der Waals surface area contributed by atoms with Crippen LogP contribution in [0.1, 0.15) is 31.2 Å². The summed E-state index contributed by atoms with van der Waals surface area (Å²) in [5, 5.41) is 10.9. The van der Waals surface area contributed by atoms with Crippen molar-refractivity contribution in [2.75, 3.05) is 4.90 Å². The molecular formula is C19H18ClNO4. The molecule has 5 nitrogen and oxygen atoms in total. The molecule has 6 heteroatoms. The Morgan fingerprint density at radius 1 is 1.28 bits per heavy atom. The first kappa shape index (κ1) is 17.3. The van der Waals surface area contributed by atoms with E-state index in [2.05, 4.69) is 0 Å². The second-order valence-electron chi connectivity index (χ2n) is 6.26. The fourth-order valence-corrected chi connectivity index (χ4v) is 3.16. The fourth-order valence-electron chi connectivity index (χ4n) is 2.99. The van der Waals surface area contributed by atoms with Crippen LogP contribution in [0, 0.1) is 12.8 Å². The Kier molecular flexibility index (Phi) is 4.43. The van der Waals surface area contributed by atoms with Crippen LogP contribution in [-0.4, -0.2) is 16.8 Å². The smallest absolute Gasteiger partial charge is 0.294 e. The Morgan fingerprint density at radius 2 is 2.00 bits per heavy atom. The number of amides is 1. The van der Waals surface area contributed by atoms with Crippen LogP contribution < -0.4 is 4.90 Å². The lowest BCUT2D eigenvalue weighted by molar-refractivity contribution is -0.119. The third-order valence-electron chi connectivity index (χ3n) is 4.31. The van der Waals surface area contributed by atoms with Gasteiger partial charge in [-0.05, 0) is 36.8 Å². The van der Waals surface area contributed by atoms with Crippen LogP contribution >= 0.6 is 11.6 Å². The van der Waals surface area contributed by atoms with Gasteiger partial charge >= 0.3 is 0 Å². The van der Waals surface area contributed by atoms with E-state index in [9.17, 15) is 14.7 Å². The van der Waals surface area contributed by atoms with Gasteiger partial charge in [-0.3, -0.25) is 14.5 Å². The molecule has 1 aliphatic heterocycles. The van der Waals surface area contributed by atoms with Crippen LogP contribution in [0.3, 0.4) is 0 Å². The molecule has 0 saturated heterocycles. The number of nitrogens with zero attached hydrogens (tertiary/aromatic N) is 1. The summed E-state index contributed by atoms with van der Waals surface area (Å²) in [6.07, 6.45) is 1.47. The number of benzene rings is 1. The zero-order chi connectivity index (χ0) is 18.3. The van der Waals surface area contributed by atoms with Gasteiger partial charge in [-0.15, -0.1) is 0 Å². The molecule has 1 atom stereocenters. The highest BCUT2D eigenvalue weighted by molar-refractivity contribution is 6.32. The Bertz CT molecular complexity index is 868. The number of carbonyl (C=O) groups excluding carboxylic acids is 2. The number of Topliss-reactive ketones (excluding diaryl/α,β-unsaturated/α-hetero) is 1. The first-order valence-electron chi connectivity index (χ1n) is 7.94. The molecule has 2 aromatic rings. The fraction of sp³-hybridized carbons (Fsp3) is 0.263. The molecular weight excluding hydrogens is 342 g/mol. The molecule has 0 bridgehead atoms. The summed E-state index contributed by atoms with van der Waals surface area (Å²) in [6, 6.07) is 7.69. The average Bonchev–Trinajstić information content (AvgIpc) is 3.18. The van der Waals surface area contributed by atoms with E-state index in [1.54, 1.807) is 51.1 Å². The summed E-state index contributed by atoms with van der Waals surface area (Å²) in [5.74, 6) is -1.45. The Balaban J connectivity index is 2.21. The second-order valence-corrected chi connectivity index (χ2v) is 6.67. The first-order chi connectivity index (χ1) is 11.8. The SMILES string of the molecule is Cc1c(Cl)cccc1N1C(=O)C(O)=C(C(=O)C(C)C)C1c1ccco1. The molecule has 0 radical (unpaired) electrons. The van der Waals surface area contributed by atoms with Crippen molar-refractivity contribution in [3.05, 3.63) is 64.3 Å². The zero-order valence-electron chi connectivity index (χ0n) is 14.1. The summed E-state index contributed by atoms with van der Waals surface area (Å²) in [6.45, 7) is 5.22. The van der Waals surface area contributed by atoms with Crippen LogP contribution in [0.25, 0.3) is 0 Å². The number of halogens is 1. The topological polar surface area (TPSA) is 70.8 Å².